The summed E-state index contributed by atoms with van der Waals surface area (Å²) >= 11 is -0.141. The minimum Gasteiger partial charge on any atom is -0.390 e. The van der Waals surface area contributed by atoms with Gasteiger partial charge in [-0.15, -0.1) is 0 Å². The van der Waals surface area contributed by atoms with Gasteiger partial charge in [0.05, 0.1) is 5.60 Å². The van der Waals surface area contributed by atoms with E-state index in [1.54, 1.807) is 26.0 Å². The first kappa shape index (κ1) is 13.4. The Morgan fingerprint density at radius 1 is 1.25 bits per heavy atom. The fraction of sp³-hybridized carbons (Fsp3) is 0.455. The van der Waals surface area contributed by atoms with Crippen molar-refractivity contribution in [2.75, 3.05) is 0 Å². The average Bonchev–Trinajstić information content (AvgIpc) is 1.96. The third kappa shape index (κ3) is 5.42. The van der Waals surface area contributed by atoms with Crippen molar-refractivity contribution in [1.82, 2.24) is 0 Å². The van der Waals surface area contributed by atoms with E-state index in [4.69, 9.17) is 0 Å². The molecule has 0 heterocycles. The maximum absolute atomic E-state index is 12.1. The van der Waals surface area contributed by atoms with Crippen molar-refractivity contribution in [1.29, 1.82) is 0 Å². The highest BCUT2D eigenvalue weighted by Crippen LogP contribution is 2.37. The zero-order chi connectivity index (χ0) is 12.4. The van der Waals surface area contributed by atoms with Crippen molar-refractivity contribution >= 4 is 11.8 Å². The molecule has 1 rings (SSSR count). The molecule has 0 aliphatic heterocycles. The van der Waals surface area contributed by atoms with E-state index in [1.165, 1.54) is 12.1 Å². The van der Waals surface area contributed by atoms with Crippen LogP contribution in [0.4, 0.5) is 13.2 Å². The van der Waals surface area contributed by atoms with Crippen LogP contribution in [-0.2, 0) is 6.42 Å². The van der Waals surface area contributed by atoms with Gasteiger partial charge in [-0.2, -0.15) is 13.2 Å². The van der Waals surface area contributed by atoms with Gasteiger partial charge >= 0.3 is 5.51 Å². The quantitative estimate of drug-likeness (QED) is 0.827. The summed E-state index contributed by atoms with van der Waals surface area (Å²) in [6, 6.07) is 6.13. The molecule has 1 aromatic carbocycles. The van der Waals surface area contributed by atoms with Gasteiger partial charge in [0.1, 0.15) is 0 Å². The largest absolute Gasteiger partial charge is 0.446 e. The first-order valence-corrected chi connectivity index (χ1v) is 5.54. The second-order valence-corrected chi connectivity index (χ2v) is 5.32. The van der Waals surface area contributed by atoms with E-state index in [9.17, 15) is 18.3 Å². The lowest BCUT2D eigenvalue weighted by Crippen LogP contribution is -2.21. The molecule has 0 unspecified atom stereocenters. The minimum absolute atomic E-state index is 0.141. The zero-order valence-corrected chi connectivity index (χ0v) is 9.82. The molecule has 1 N–H and O–H groups in total. The van der Waals surface area contributed by atoms with Gasteiger partial charge in [-0.05, 0) is 43.3 Å². The molecule has 1 aromatic rings. The van der Waals surface area contributed by atoms with E-state index in [-0.39, 0.29) is 16.7 Å². The maximum Gasteiger partial charge on any atom is 0.446 e. The van der Waals surface area contributed by atoms with Crippen LogP contribution in [0.3, 0.4) is 0 Å². The van der Waals surface area contributed by atoms with Crippen molar-refractivity contribution in [3.63, 3.8) is 0 Å². The second kappa shape index (κ2) is 4.67. The fourth-order valence-electron chi connectivity index (χ4n) is 1.35. The molecule has 0 saturated heterocycles. The third-order valence-electron chi connectivity index (χ3n) is 1.77. The predicted octanol–water partition coefficient (Wildman–Crippen LogP) is 3.61. The van der Waals surface area contributed by atoms with Crippen LogP contribution in [0.15, 0.2) is 29.2 Å². The molecule has 1 nitrogen and oxygen atoms in total. The highest BCUT2D eigenvalue weighted by atomic mass is 32.2. The van der Waals surface area contributed by atoms with Crippen LogP contribution in [-0.4, -0.2) is 16.2 Å². The molecule has 0 spiro atoms. The van der Waals surface area contributed by atoms with Crippen LogP contribution in [0.1, 0.15) is 19.4 Å². The number of rotatable bonds is 3. The minimum atomic E-state index is -4.27. The Labute approximate surface area is 96.7 Å². The Hall–Kier alpha value is -0.680. The summed E-state index contributed by atoms with van der Waals surface area (Å²) in [5.41, 5.74) is -4.49. The topological polar surface area (TPSA) is 20.2 Å². The van der Waals surface area contributed by atoms with E-state index in [1.807, 2.05) is 0 Å². The van der Waals surface area contributed by atoms with Gasteiger partial charge in [-0.25, -0.2) is 0 Å². The highest BCUT2D eigenvalue weighted by Gasteiger charge is 2.29. The van der Waals surface area contributed by atoms with Crippen LogP contribution >= 0.6 is 11.8 Å². The van der Waals surface area contributed by atoms with E-state index in [0.717, 1.165) is 0 Å². The summed E-state index contributed by atoms with van der Waals surface area (Å²) < 4.78 is 36.4. The van der Waals surface area contributed by atoms with Crippen molar-refractivity contribution in [3.05, 3.63) is 29.8 Å². The molecule has 5 heteroatoms. The normalized spacial score (nSPS) is 12.9. The average molecular weight is 250 g/mol. The number of alkyl halides is 3. The summed E-state index contributed by atoms with van der Waals surface area (Å²) in [6.45, 7) is 3.24. The van der Waals surface area contributed by atoms with Crippen molar-refractivity contribution in [2.24, 2.45) is 0 Å². The Bertz CT molecular complexity index is 324. The van der Waals surface area contributed by atoms with Crippen molar-refractivity contribution < 1.29 is 18.3 Å². The van der Waals surface area contributed by atoms with E-state index in [0.29, 0.717) is 12.0 Å². The second-order valence-electron chi connectivity index (χ2n) is 4.18. The van der Waals surface area contributed by atoms with Crippen LogP contribution in [0.5, 0.6) is 0 Å². The van der Waals surface area contributed by atoms with E-state index < -0.39 is 11.1 Å². The third-order valence-corrected chi connectivity index (χ3v) is 2.49. The molecule has 0 saturated carbocycles. The summed E-state index contributed by atoms with van der Waals surface area (Å²) in [5.74, 6) is 0. The van der Waals surface area contributed by atoms with Gasteiger partial charge in [-0.1, -0.05) is 12.1 Å². The standard InChI is InChI=1S/C11H13F3OS/c1-10(2,15)7-8-4-3-5-9(6-8)16-11(12,13)14/h3-6,15H,7H2,1-2H3. The molecule has 0 amide bonds. The molecule has 0 radical (unpaired) electrons. The summed E-state index contributed by atoms with van der Waals surface area (Å²) in [4.78, 5) is 0.147. The molecule has 0 aliphatic rings. The van der Waals surface area contributed by atoms with Gasteiger partial charge in [0, 0.05) is 11.3 Å². The lowest BCUT2D eigenvalue weighted by Gasteiger charge is -2.17. The molecule has 0 aliphatic carbocycles. The lowest BCUT2D eigenvalue weighted by molar-refractivity contribution is -0.0328. The van der Waals surface area contributed by atoms with E-state index in [2.05, 4.69) is 0 Å². The smallest absolute Gasteiger partial charge is 0.390 e. The van der Waals surface area contributed by atoms with Gasteiger partial charge in [0.15, 0.2) is 0 Å². The molecular weight excluding hydrogens is 237 g/mol. The number of thioether (sulfide) groups is 1. The molecule has 0 fully saturated rings. The first-order chi connectivity index (χ1) is 7.16. The molecule has 0 atom stereocenters. The molecule has 0 aromatic heterocycles. The molecule has 16 heavy (non-hydrogen) atoms. The number of halogens is 3. The maximum atomic E-state index is 12.1. The SMILES string of the molecule is CC(C)(O)Cc1cccc(SC(F)(F)F)c1. The highest BCUT2D eigenvalue weighted by molar-refractivity contribution is 8.00. The Morgan fingerprint density at radius 2 is 1.88 bits per heavy atom. The Balaban J connectivity index is 2.79. The van der Waals surface area contributed by atoms with Crippen LogP contribution in [0.2, 0.25) is 0 Å². The monoisotopic (exact) mass is 250 g/mol. The number of aliphatic hydroxyl groups is 1. The number of hydrogen-bond acceptors (Lipinski definition) is 2. The van der Waals surface area contributed by atoms with E-state index >= 15 is 0 Å². The Kier molecular flexibility index (Phi) is 3.91. The number of benzene rings is 1. The fourth-order valence-corrected chi connectivity index (χ4v) is 1.98. The van der Waals surface area contributed by atoms with Gasteiger partial charge < -0.3 is 5.11 Å². The van der Waals surface area contributed by atoms with Gasteiger partial charge in [0.25, 0.3) is 0 Å². The summed E-state index contributed by atoms with van der Waals surface area (Å²) in [6.07, 6.45) is 0.333. The van der Waals surface area contributed by atoms with Crippen molar-refractivity contribution in [2.45, 2.75) is 36.3 Å². The van der Waals surface area contributed by atoms with Gasteiger partial charge in [-0.3, -0.25) is 0 Å². The molecular formula is C11H13F3OS. The summed E-state index contributed by atoms with van der Waals surface area (Å²) in [7, 11) is 0. The van der Waals surface area contributed by atoms with Crippen molar-refractivity contribution in [3.8, 4) is 0 Å². The molecule has 0 bridgehead atoms. The van der Waals surface area contributed by atoms with Crippen LogP contribution in [0.25, 0.3) is 0 Å². The zero-order valence-electron chi connectivity index (χ0n) is 9.01. The number of hydrogen-bond donors (Lipinski definition) is 1. The Morgan fingerprint density at radius 3 is 2.38 bits per heavy atom. The molecule has 90 valence electrons. The van der Waals surface area contributed by atoms with Gasteiger partial charge in [0.2, 0.25) is 0 Å². The predicted molar refractivity (Wildman–Crippen MR) is 58.4 cm³/mol. The van der Waals surface area contributed by atoms with Crippen LogP contribution in [0, 0.1) is 0 Å². The van der Waals surface area contributed by atoms with Crippen LogP contribution < -0.4 is 0 Å². The summed E-state index contributed by atoms with van der Waals surface area (Å²) in [5, 5.41) is 9.57. The first-order valence-electron chi connectivity index (χ1n) is 4.73. The lowest BCUT2D eigenvalue weighted by atomic mass is 9.99.